The Balaban J connectivity index is 2.13. The molecule has 1 aliphatic heterocycles. The third-order valence-electron chi connectivity index (χ3n) is 2.10. The predicted octanol–water partition coefficient (Wildman–Crippen LogP) is 1.99. The molecule has 1 aliphatic rings. The second-order valence-electron chi connectivity index (χ2n) is 3.62. The van der Waals surface area contributed by atoms with E-state index in [2.05, 4.69) is 19.2 Å². The molecule has 1 saturated heterocycles. The Morgan fingerprint density at radius 1 is 1.50 bits per heavy atom. The average Bonchev–Trinajstić information content (AvgIpc) is 1.88. The van der Waals surface area contributed by atoms with Gasteiger partial charge in [0.25, 0.3) is 0 Å². The standard InChI is InChI=1S/C9H18N/c1-8(2)6-9-4-3-5-10-7-9/h9-10H,3-7H2,1-2H3/t9-/m1/s1. The van der Waals surface area contributed by atoms with Crippen molar-refractivity contribution in [2.24, 2.45) is 5.92 Å². The van der Waals surface area contributed by atoms with Crippen LogP contribution in [0.4, 0.5) is 0 Å². The molecule has 0 bridgehead atoms. The molecule has 59 valence electrons. The zero-order valence-electron chi connectivity index (χ0n) is 7.11. The second-order valence-corrected chi connectivity index (χ2v) is 3.62. The summed E-state index contributed by atoms with van der Waals surface area (Å²) in [5.41, 5.74) is 0. The summed E-state index contributed by atoms with van der Waals surface area (Å²) < 4.78 is 0. The topological polar surface area (TPSA) is 12.0 Å². The first-order valence-electron chi connectivity index (χ1n) is 4.29. The quantitative estimate of drug-likeness (QED) is 0.618. The molecule has 0 aliphatic carbocycles. The summed E-state index contributed by atoms with van der Waals surface area (Å²) in [6.45, 7) is 6.94. The van der Waals surface area contributed by atoms with Gasteiger partial charge in [-0.3, -0.25) is 0 Å². The van der Waals surface area contributed by atoms with Crippen molar-refractivity contribution >= 4 is 0 Å². The van der Waals surface area contributed by atoms with Gasteiger partial charge in [0.05, 0.1) is 0 Å². The van der Waals surface area contributed by atoms with E-state index in [4.69, 9.17) is 0 Å². The monoisotopic (exact) mass is 140 g/mol. The minimum Gasteiger partial charge on any atom is -0.316 e. The van der Waals surface area contributed by atoms with Crippen molar-refractivity contribution < 1.29 is 0 Å². The number of hydrogen-bond acceptors (Lipinski definition) is 1. The number of nitrogens with one attached hydrogen (secondary N) is 1. The van der Waals surface area contributed by atoms with Crippen molar-refractivity contribution in [1.82, 2.24) is 5.32 Å². The Labute approximate surface area is 64.2 Å². The molecule has 1 nitrogen and oxygen atoms in total. The fourth-order valence-electron chi connectivity index (χ4n) is 1.68. The van der Waals surface area contributed by atoms with Crippen LogP contribution in [0.5, 0.6) is 0 Å². The maximum atomic E-state index is 3.43. The Kier molecular flexibility index (Phi) is 3.20. The van der Waals surface area contributed by atoms with E-state index in [-0.39, 0.29) is 0 Å². The van der Waals surface area contributed by atoms with Crippen LogP contribution in [0.15, 0.2) is 0 Å². The van der Waals surface area contributed by atoms with Gasteiger partial charge in [-0.2, -0.15) is 0 Å². The van der Waals surface area contributed by atoms with E-state index >= 15 is 0 Å². The highest BCUT2D eigenvalue weighted by molar-refractivity contribution is 4.83. The summed E-state index contributed by atoms with van der Waals surface area (Å²) in [7, 11) is 0. The molecule has 0 spiro atoms. The first-order valence-corrected chi connectivity index (χ1v) is 4.29. The van der Waals surface area contributed by atoms with Crippen LogP contribution in [0.3, 0.4) is 0 Å². The highest BCUT2D eigenvalue weighted by Crippen LogP contribution is 2.19. The first kappa shape index (κ1) is 8.06. The lowest BCUT2D eigenvalue weighted by Crippen LogP contribution is -2.30. The van der Waals surface area contributed by atoms with Gasteiger partial charge in [0.2, 0.25) is 0 Å². The molecule has 0 unspecified atom stereocenters. The van der Waals surface area contributed by atoms with Gasteiger partial charge in [0.1, 0.15) is 0 Å². The summed E-state index contributed by atoms with van der Waals surface area (Å²) in [4.78, 5) is 0. The third kappa shape index (κ3) is 2.70. The van der Waals surface area contributed by atoms with Gasteiger partial charge in [-0.15, -0.1) is 0 Å². The van der Waals surface area contributed by atoms with E-state index in [9.17, 15) is 0 Å². The van der Waals surface area contributed by atoms with Crippen LogP contribution in [0.2, 0.25) is 0 Å². The van der Waals surface area contributed by atoms with Crippen molar-refractivity contribution in [3.05, 3.63) is 5.92 Å². The van der Waals surface area contributed by atoms with E-state index in [1.807, 2.05) is 0 Å². The van der Waals surface area contributed by atoms with Crippen LogP contribution in [0.25, 0.3) is 0 Å². The molecule has 10 heavy (non-hydrogen) atoms. The molecule has 1 heteroatoms. The highest BCUT2D eigenvalue weighted by atomic mass is 14.9. The second kappa shape index (κ2) is 3.97. The Hall–Kier alpha value is -0.0400. The molecule has 0 saturated carbocycles. The smallest absolute Gasteiger partial charge is 0.00203 e. The zero-order valence-corrected chi connectivity index (χ0v) is 7.11. The van der Waals surface area contributed by atoms with Gasteiger partial charge in [-0.05, 0) is 44.2 Å². The zero-order chi connectivity index (χ0) is 7.40. The van der Waals surface area contributed by atoms with Gasteiger partial charge in [-0.25, -0.2) is 0 Å². The molecular formula is C9H18N. The van der Waals surface area contributed by atoms with E-state index in [1.54, 1.807) is 5.92 Å². The molecular weight excluding hydrogens is 122 g/mol. The van der Waals surface area contributed by atoms with Crippen molar-refractivity contribution in [2.45, 2.75) is 33.1 Å². The molecule has 1 radical (unpaired) electrons. The maximum absolute atomic E-state index is 3.43. The number of hydrogen-bond donors (Lipinski definition) is 1. The van der Waals surface area contributed by atoms with E-state index in [1.165, 1.54) is 32.4 Å². The maximum Gasteiger partial charge on any atom is -0.00203 e. The minimum absolute atomic E-state index is 0.929. The van der Waals surface area contributed by atoms with Crippen molar-refractivity contribution in [2.75, 3.05) is 13.1 Å². The molecule has 0 aromatic heterocycles. The SMILES string of the molecule is C[C](C)C[C@H]1CCCNC1. The lowest BCUT2D eigenvalue weighted by molar-refractivity contribution is 0.364. The Bertz CT molecular complexity index is 82.7. The fourth-order valence-corrected chi connectivity index (χ4v) is 1.68. The number of rotatable bonds is 2. The van der Waals surface area contributed by atoms with Crippen LogP contribution in [0.1, 0.15) is 33.1 Å². The van der Waals surface area contributed by atoms with Gasteiger partial charge >= 0.3 is 0 Å². The molecule has 1 N–H and O–H groups in total. The lowest BCUT2D eigenvalue weighted by atomic mass is 9.91. The van der Waals surface area contributed by atoms with Crippen LogP contribution in [0, 0.1) is 11.8 Å². The highest BCUT2D eigenvalue weighted by Gasteiger charge is 2.13. The molecule has 1 atom stereocenters. The third-order valence-corrected chi connectivity index (χ3v) is 2.10. The summed E-state index contributed by atoms with van der Waals surface area (Å²) in [5, 5.41) is 3.43. The van der Waals surface area contributed by atoms with Crippen molar-refractivity contribution in [3.8, 4) is 0 Å². The van der Waals surface area contributed by atoms with Gasteiger partial charge in [0, 0.05) is 0 Å². The summed E-state index contributed by atoms with van der Waals surface area (Å²) >= 11 is 0. The predicted molar refractivity (Wildman–Crippen MR) is 44.8 cm³/mol. The van der Waals surface area contributed by atoms with Crippen molar-refractivity contribution in [3.63, 3.8) is 0 Å². The van der Waals surface area contributed by atoms with Gasteiger partial charge in [0.15, 0.2) is 0 Å². The molecule has 0 amide bonds. The van der Waals surface area contributed by atoms with Gasteiger partial charge < -0.3 is 5.32 Å². The summed E-state index contributed by atoms with van der Waals surface area (Å²) in [6, 6.07) is 0. The largest absolute Gasteiger partial charge is 0.316 e. The van der Waals surface area contributed by atoms with Crippen LogP contribution < -0.4 is 5.32 Å². The first-order chi connectivity index (χ1) is 4.79. The molecule has 0 aromatic rings. The number of piperidine rings is 1. The Morgan fingerprint density at radius 2 is 2.30 bits per heavy atom. The van der Waals surface area contributed by atoms with Crippen LogP contribution in [-0.4, -0.2) is 13.1 Å². The summed E-state index contributed by atoms with van der Waals surface area (Å²) in [6.07, 6.45) is 4.13. The van der Waals surface area contributed by atoms with Crippen LogP contribution in [-0.2, 0) is 0 Å². The minimum atomic E-state index is 0.929. The Morgan fingerprint density at radius 3 is 2.80 bits per heavy atom. The fraction of sp³-hybridized carbons (Fsp3) is 0.889. The molecule has 0 aromatic carbocycles. The molecule has 1 heterocycles. The normalized spacial score (nSPS) is 27.3. The van der Waals surface area contributed by atoms with Gasteiger partial charge in [-0.1, -0.05) is 13.8 Å². The van der Waals surface area contributed by atoms with E-state index in [0.717, 1.165) is 5.92 Å². The molecule has 1 fully saturated rings. The average molecular weight is 140 g/mol. The van der Waals surface area contributed by atoms with Crippen LogP contribution >= 0.6 is 0 Å². The van der Waals surface area contributed by atoms with E-state index < -0.39 is 0 Å². The summed E-state index contributed by atoms with van der Waals surface area (Å²) in [5.74, 6) is 2.51. The molecule has 1 rings (SSSR count). The lowest BCUT2D eigenvalue weighted by Gasteiger charge is -2.23. The van der Waals surface area contributed by atoms with E-state index in [0.29, 0.717) is 0 Å². The van der Waals surface area contributed by atoms with Crippen molar-refractivity contribution in [1.29, 1.82) is 0 Å².